The highest BCUT2D eigenvalue weighted by Crippen LogP contribution is 2.42. The number of hydrogen-bond donors (Lipinski definition) is 2. The highest BCUT2D eigenvalue weighted by atomic mass is 16.4. The zero-order valence-electron chi connectivity index (χ0n) is 16.4. The highest BCUT2D eigenvalue weighted by Gasteiger charge is 2.53. The number of hydrogen-bond acceptors (Lipinski definition) is 6. The van der Waals surface area contributed by atoms with Crippen molar-refractivity contribution in [3.05, 3.63) is 42.1 Å². The Morgan fingerprint density at radius 2 is 1.97 bits per heavy atom. The van der Waals surface area contributed by atoms with Crippen molar-refractivity contribution in [2.24, 2.45) is 5.41 Å². The first-order valence-electron chi connectivity index (χ1n) is 9.83. The zero-order chi connectivity index (χ0) is 20.6. The molecule has 2 saturated heterocycles. The van der Waals surface area contributed by atoms with E-state index in [1.807, 2.05) is 37.4 Å². The summed E-state index contributed by atoms with van der Waals surface area (Å²) in [5, 5.41) is 9.94. The van der Waals surface area contributed by atoms with Crippen LogP contribution in [0, 0.1) is 5.41 Å². The van der Waals surface area contributed by atoms with Crippen LogP contribution in [0.1, 0.15) is 29.6 Å². The number of carboxylic acid groups (broad SMARTS) is 1. The monoisotopic (exact) mass is 395 g/mol. The molecule has 3 heterocycles. The number of rotatable bonds is 3. The van der Waals surface area contributed by atoms with Crippen LogP contribution in [-0.2, 0) is 4.79 Å². The number of nitrogen functional groups attached to an aromatic ring is 1. The minimum Gasteiger partial charge on any atom is -0.481 e. The number of aliphatic carboxylic acids is 1. The predicted molar refractivity (Wildman–Crippen MR) is 108 cm³/mol. The summed E-state index contributed by atoms with van der Waals surface area (Å²) in [6.07, 6.45) is 3.42. The third-order valence-electron chi connectivity index (χ3n) is 6.32. The van der Waals surface area contributed by atoms with E-state index < -0.39 is 11.4 Å². The van der Waals surface area contributed by atoms with Gasteiger partial charge in [-0.2, -0.15) is 0 Å². The van der Waals surface area contributed by atoms with Crippen LogP contribution >= 0.6 is 0 Å². The minimum absolute atomic E-state index is 0.107. The van der Waals surface area contributed by atoms with Crippen molar-refractivity contribution < 1.29 is 14.7 Å². The number of anilines is 1. The SMILES string of the molecule is CN1CCC[C@]2(C(=O)O)CCN(C(=O)c3cnc(N)nc3-c3ccccc3)C[C@@H]12. The van der Waals surface area contributed by atoms with Gasteiger partial charge in [-0.25, -0.2) is 9.97 Å². The van der Waals surface area contributed by atoms with E-state index in [0.717, 1.165) is 18.5 Å². The molecule has 2 atom stereocenters. The van der Waals surface area contributed by atoms with Gasteiger partial charge >= 0.3 is 5.97 Å². The fraction of sp³-hybridized carbons (Fsp3) is 0.429. The molecule has 0 bridgehead atoms. The van der Waals surface area contributed by atoms with Crippen LogP contribution < -0.4 is 5.73 Å². The maximum Gasteiger partial charge on any atom is 0.311 e. The van der Waals surface area contributed by atoms with Crippen molar-refractivity contribution in [3.63, 3.8) is 0 Å². The molecule has 2 fully saturated rings. The minimum atomic E-state index is -0.788. The maximum atomic E-state index is 13.4. The van der Waals surface area contributed by atoms with E-state index in [2.05, 4.69) is 14.9 Å². The lowest BCUT2D eigenvalue weighted by molar-refractivity contribution is -0.161. The maximum absolute atomic E-state index is 13.4. The second-order valence-corrected chi connectivity index (χ2v) is 7.92. The van der Waals surface area contributed by atoms with Crippen LogP contribution in [0.15, 0.2) is 36.5 Å². The lowest BCUT2D eigenvalue weighted by Gasteiger charge is -2.51. The smallest absolute Gasteiger partial charge is 0.311 e. The fourth-order valence-corrected chi connectivity index (χ4v) is 4.71. The Balaban J connectivity index is 1.66. The van der Waals surface area contributed by atoms with Crippen molar-refractivity contribution in [1.29, 1.82) is 0 Å². The number of benzene rings is 1. The number of fused-ring (bicyclic) bond motifs is 1. The van der Waals surface area contributed by atoms with Crippen LogP contribution in [0.25, 0.3) is 11.3 Å². The van der Waals surface area contributed by atoms with Crippen molar-refractivity contribution in [2.45, 2.75) is 25.3 Å². The second-order valence-electron chi connectivity index (χ2n) is 7.92. The average molecular weight is 395 g/mol. The Morgan fingerprint density at radius 1 is 1.21 bits per heavy atom. The van der Waals surface area contributed by atoms with E-state index in [4.69, 9.17) is 5.73 Å². The summed E-state index contributed by atoms with van der Waals surface area (Å²) >= 11 is 0. The molecule has 0 aliphatic carbocycles. The van der Waals surface area contributed by atoms with Crippen LogP contribution in [-0.4, -0.2) is 69.5 Å². The molecular weight excluding hydrogens is 370 g/mol. The number of amides is 1. The van der Waals surface area contributed by atoms with Crippen molar-refractivity contribution in [2.75, 3.05) is 32.4 Å². The van der Waals surface area contributed by atoms with Gasteiger partial charge in [0.05, 0.1) is 16.7 Å². The Labute approximate surface area is 169 Å². The van der Waals surface area contributed by atoms with Gasteiger partial charge in [0, 0.05) is 30.9 Å². The quantitative estimate of drug-likeness (QED) is 0.814. The Hall–Kier alpha value is -3.00. The van der Waals surface area contributed by atoms with Crippen molar-refractivity contribution in [3.8, 4) is 11.3 Å². The standard InChI is InChI=1S/C21H25N5O3/c1-25-10-5-8-21(19(28)29)9-11-26(13-16(21)25)18(27)15-12-23-20(22)24-17(15)14-6-3-2-4-7-14/h2-4,6-7,12,16H,5,8-11,13H2,1H3,(H,28,29)(H2,22,23,24)/t16-,21+/m1/s1. The molecule has 2 aliphatic rings. The summed E-state index contributed by atoms with van der Waals surface area (Å²) in [7, 11) is 1.94. The third-order valence-corrected chi connectivity index (χ3v) is 6.32. The molecule has 3 N–H and O–H groups in total. The van der Waals surface area contributed by atoms with Gasteiger partial charge in [0.1, 0.15) is 0 Å². The van der Waals surface area contributed by atoms with Crippen LogP contribution in [0.4, 0.5) is 5.95 Å². The molecule has 2 aromatic rings. The molecule has 8 heteroatoms. The van der Waals surface area contributed by atoms with E-state index in [1.165, 1.54) is 6.20 Å². The number of nitrogens with zero attached hydrogens (tertiary/aromatic N) is 4. The summed E-state index contributed by atoms with van der Waals surface area (Å²) in [4.78, 5) is 37.7. The van der Waals surface area contributed by atoms with Gasteiger partial charge in [0.15, 0.2) is 0 Å². The number of carbonyl (C=O) groups is 2. The topological polar surface area (TPSA) is 113 Å². The number of carboxylic acids is 1. The van der Waals surface area contributed by atoms with Crippen LogP contribution in [0.3, 0.4) is 0 Å². The molecule has 1 amide bonds. The summed E-state index contributed by atoms with van der Waals surface area (Å²) in [6.45, 7) is 1.61. The average Bonchev–Trinajstić information content (AvgIpc) is 2.74. The molecule has 4 rings (SSSR count). The van der Waals surface area contributed by atoms with Crippen LogP contribution in [0.2, 0.25) is 0 Å². The summed E-state index contributed by atoms with van der Waals surface area (Å²) in [6, 6.07) is 9.19. The van der Waals surface area contributed by atoms with E-state index in [-0.39, 0.29) is 17.9 Å². The summed E-state index contributed by atoms with van der Waals surface area (Å²) < 4.78 is 0. The Bertz CT molecular complexity index is 935. The van der Waals surface area contributed by atoms with Gasteiger partial charge in [-0.1, -0.05) is 30.3 Å². The Kier molecular flexibility index (Phi) is 4.96. The molecule has 152 valence electrons. The normalized spacial score (nSPS) is 24.7. The first-order chi connectivity index (χ1) is 13.9. The molecular formula is C21H25N5O3. The molecule has 0 radical (unpaired) electrons. The Morgan fingerprint density at radius 3 is 2.69 bits per heavy atom. The largest absolute Gasteiger partial charge is 0.481 e. The van der Waals surface area contributed by atoms with E-state index in [9.17, 15) is 14.7 Å². The fourth-order valence-electron chi connectivity index (χ4n) is 4.71. The molecule has 1 aromatic heterocycles. The number of likely N-dealkylation sites (N-methyl/N-ethyl adjacent to an activating group) is 1. The first kappa shape index (κ1) is 19.3. The molecule has 1 aromatic carbocycles. The van der Waals surface area contributed by atoms with E-state index >= 15 is 0 Å². The molecule has 29 heavy (non-hydrogen) atoms. The van der Waals surface area contributed by atoms with Gasteiger partial charge in [0.25, 0.3) is 5.91 Å². The van der Waals surface area contributed by atoms with Gasteiger partial charge in [-0.3, -0.25) is 9.59 Å². The first-order valence-corrected chi connectivity index (χ1v) is 9.83. The van der Waals surface area contributed by atoms with Gasteiger partial charge < -0.3 is 20.6 Å². The zero-order valence-corrected chi connectivity index (χ0v) is 16.4. The van der Waals surface area contributed by atoms with Gasteiger partial charge in [-0.15, -0.1) is 0 Å². The molecule has 8 nitrogen and oxygen atoms in total. The lowest BCUT2D eigenvalue weighted by Crippen LogP contribution is -2.63. The number of piperidine rings is 2. The van der Waals surface area contributed by atoms with Crippen LogP contribution in [0.5, 0.6) is 0 Å². The number of aromatic nitrogens is 2. The predicted octanol–water partition coefficient (Wildman–Crippen LogP) is 1.74. The highest BCUT2D eigenvalue weighted by molar-refractivity contribution is 6.00. The summed E-state index contributed by atoms with van der Waals surface area (Å²) in [5.41, 5.74) is 6.66. The van der Waals surface area contributed by atoms with E-state index in [0.29, 0.717) is 37.2 Å². The van der Waals surface area contributed by atoms with E-state index in [1.54, 1.807) is 4.90 Å². The second kappa shape index (κ2) is 7.44. The molecule has 0 saturated carbocycles. The number of carbonyl (C=O) groups excluding carboxylic acids is 1. The summed E-state index contributed by atoms with van der Waals surface area (Å²) in [5.74, 6) is -0.847. The number of likely N-dealkylation sites (tertiary alicyclic amines) is 2. The van der Waals surface area contributed by atoms with Gasteiger partial charge in [-0.05, 0) is 32.9 Å². The molecule has 0 unspecified atom stereocenters. The number of nitrogens with two attached hydrogens (primary N) is 1. The van der Waals surface area contributed by atoms with Crippen molar-refractivity contribution >= 4 is 17.8 Å². The third kappa shape index (κ3) is 3.33. The molecule has 0 spiro atoms. The lowest BCUT2D eigenvalue weighted by atomic mass is 9.68. The van der Waals surface area contributed by atoms with Gasteiger partial charge in [0.2, 0.25) is 5.95 Å². The van der Waals surface area contributed by atoms with Crippen molar-refractivity contribution in [1.82, 2.24) is 19.8 Å². The molecule has 2 aliphatic heterocycles.